The van der Waals surface area contributed by atoms with Crippen molar-refractivity contribution in [3.05, 3.63) is 0 Å². The minimum Gasteiger partial charge on any atom is -0.353 e. The zero-order valence-corrected chi connectivity index (χ0v) is 13.4. The van der Waals surface area contributed by atoms with Crippen LogP contribution >= 0.6 is 0 Å². The van der Waals surface area contributed by atoms with E-state index in [1.807, 2.05) is 4.90 Å². The van der Waals surface area contributed by atoms with Gasteiger partial charge in [-0.15, -0.1) is 0 Å². The smallest absolute Gasteiger partial charge is 0.241 e. The number of piperazine rings is 1. The standard InChI is InChI=1S/C15H28N4O2/c1-11(2)18(3)10-12-4-6-19(7-5-12)15(21)13-8-17-14(20)9-16-13/h11-13,16H,4-10H2,1-3H3,(H,17,20). The Hall–Kier alpha value is -1.14. The van der Waals surface area contributed by atoms with Gasteiger partial charge in [-0.25, -0.2) is 0 Å². The lowest BCUT2D eigenvalue weighted by molar-refractivity contribution is -0.136. The molecule has 1 unspecified atom stereocenters. The number of nitrogens with one attached hydrogen (secondary N) is 2. The van der Waals surface area contributed by atoms with Gasteiger partial charge >= 0.3 is 0 Å². The number of nitrogens with zero attached hydrogens (tertiary/aromatic N) is 2. The molecule has 0 radical (unpaired) electrons. The molecule has 0 spiro atoms. The fourth-order valence-corrected chi connectivity index (χ4v) is 2.92. The highest BCUT2D eigenvalue weighted by molar-refractivity contribution is 5.86. The number of hydrogen-bond donors (Lipinski definition) is 2. The van der Waals surface area contributed by atoms with E-state index in [1.54, 1.807) is 0 Å². The molecular weight excluding hydrogens is 268 g/mol. The number of amides is 2. The summed E-state index contributed by atoms with van der Waals surface area (Å²) in [7, 11) is 2.16. The molecule has 0 aliphatic carbocycles. The van der Waals surface area contributed by atoms with Crippen LogP contribution in [0.5, 0.6) is 0 Å². The molecule has 2 saturated heterocycles. The molecule has 2 N–H and O–H groups in total. The summed E-state index contributed by atoms with van der Waals surface area (Å²) in [6, 6.07) is 0.317. The van der Waals surface area contributed by atoms with Crippen LogP contribution in [0.25, 0.3) is 0 Å². The number of rotatable bonds is 4. The van der Waals surface area contributed by atoms with Gasteiger partial charge in [0.15, 0.2) is 0 Å². The Bertz CT molecular complexity index is 368. The Morgan fingerprint density at radius 3 is 2.57 bits per heavy atom. The largest absolute Gasteiger partial charge is 0.353 e. The lowest BCUT2D eigenvalue weighted by Crippen LogP contribution is -2.59. The molecule has 1 atom stereocenters. The second-order valence-electron chi connectivity index (χ2n) is 6.54. The van der Waals surface area contributed by atoms with E-state index in [1.165, 1.54) is 0 Å². The predicted octanol–water partition coefficient (Wildman–Crippen LogP) is -0.347. The molecule has 0 bridgehead atoms. The van der Waals surface area contributed by atoms with Crippen molar-refractivity contribution in [2.24, 2.45) is 5.92 Å². The average Bonchev–Trinajstić information content (AvgIpc) is 2.48. The summed E-state index contributed by atoms with van der Waals surface area (Å²) in [6.45, 7) is 7.85. The third kappa shape index (κ3) is 4.41. The Morgan fingerprint density at radius 1 is 1.38 bits per heavy atom. The number of carbonyl (C=O) groups excluding carboxylic acids is 2. The molecule has 2 rings (SSSR count). The summed E-state index contributed by atoms with van der Waals surface area (Å²) < 4.78 is 0. The lowest BCUT2D eigenvalue weighted by atomic mass is 9.95. The number of hydrogen-bond acceptors (Lipinski definition) is 4. The lowest BCUT2D eigenvalue weighted by Gasteiger charge is -2.37. The van der Waals surface area contributed by atoms with Crippen molar-refractivity contribution >= 4 is 11.8 Å². The third-order valence-electron chi connectivity index (χ3n) is 4.66. The van der Waals surface area contributed by atoms with E-state index >= 15 is 0 Å². The molecule has 2 aliphatic heterocycles. The van der Waals surface area contributed by atoms with Crippen molar-refractivity contribution in [1.29, 1.82) is 0 Å². The summed E-state index contributed by atoms with van der Waals surface area (Å²) in [4.78, 5) is 27.8. The van der Waals surface area contributed by atoms with Gasteiger partial charge in [-0.3, -0.25) is 14.9 Å². The molecule has 0 aromatic carbocycles. The molecule has 0 aromatic rings. The SMILES string of the molecule is CC(C)N(C)CC1CCN(C(=O)C2CNC(=O)CN2)CC1. The van der Waals surface area contributed by atoms with E-state index in [0.717, 1.165) is 32.5 Å². The highest BCUT2D eigenvalue weighted by Crippen LogP contribution is 2.19. The maximum atomic E-state index is 12.4. The Morgan fingerprint density at radius 2 is 2.05 bits per heavy atom. The summed E-state index contributed by atoms with van der Waals surface area (Å²) in [5.74, 6) is 0.778. The van der Waals surface area contributed by atoms with Crippen LogP contribution in [0.15, 0.2) is 0 Å². The fraction of sp³-hybridized carbons (Fsp3) is 0.867. The molecule has 6 nitrogen and oxygen atoms in total. The van der Waals surface area contributed by atoms with Gasteiger partial charge in [0.1, 0.15) is 6.04 Å². The van der Waals surface area contributed by atoms with Gasteiger partial charge in [-0.05, 0) is 39.7 Å². The zero-order chi connectivity index (χ0) is 15.4. The molecule has 2 heterocycles. The van der Waals surface area contributed by atoms with Crippen LogP contribution < -0.4 is 10.6 Å². The van der Waals surface area contributed by atoms with Gasteiger partial charge in [0, 0.05) is 32.2 Å². The van der Waals surface area contributed by atoms with Gasteiger partial charge in [0.2, 0.25) is 11.8 Å². The molecule has 21 heavy (non-hydrogen) atoms. The summed E-state index contributed by atoms with van der Waals surface area (Å²) in [5.41, 5.74) is 0. The first kappa shape index (κ1) is 16.2. The second kappa shape index (κ2) is 7.22. The number of piperidine rings is 1. The molecule has 6 heteroatoms. The first-order chi connectivity index (χ1) is 9.97. The first-order valence-corrected chi connectivity index (χ1v) is 7.96. The predicted molar refractivity (Wildman–Crippen MR) is 81.9 cm³/mol. The van der Waals surface area contributed by atoms with Gasteiger partial charge in [-0.2, -0.15) is 0 Å². The highest BCUT2D eigenvalue weighted by Gasteiger charge is 2.30. The number of carbonyl (C=O) groups is 2. The minimum absolute atomic E-state index is 0.0329. The monoisotopic (exact) mass is 296 g/mol. The Kier molecular flexibility index (Phi) is 5.58. The molecule has 2 amide bonds. The molecule has 2 fully saturated rings. The Balaban J connectivity index is 1.75. The van der Waals surface area contributed by atoms with Crippen molar-refractivity contribution in [3.8, 4) is 0 Å². The first-order valence-electron chi connectivity index (χ1n) is 7.96. The van der Waals surface area contributed by atoms with Crippen LogP contribution in [0.4, 0.5) is 0 Å². The Labute approximate surface area is 127 Å². The average molecular weight is 296 g/mol. The van der Waals surface area contributed by atoms with Crippen molar-refractivity contribution in [1.82, 2.24) is 20.4 Å². The van der Waals surface area contributed by atoms with Gasteiger partial charge in [-0.1, -0.05) is 0 Å². The van der Waals surface area contributed by atoms with Gasteiger partial charge in [0.05, 0.1) is 6.54 Å². The van der Waals surface area contributed by atoms with Crippen molar-refractivity contribution < 1.29 is 9.59 Å². The van der Waals surface area contributed by atoms with E-state index in [4.69, 9.17) is 0 Å². The van der Waals surface area contributed by atoms with Crippen LogP contribution in [0.3, 0.4) is 0 Å². The van der Waals surface area contributed by atoms with Crippen molar-refractivity contribution in [2.45, 2.75) is 38.8 Å². The molecule has 120 valence electrons. The molecular formula is C15H28N4O2. The maximum Gasteiger partial charge on any atom is 0.241 e. The fourth-order valence-electron chi connectivity index (χ4n) is 2.92. The minimum atomic E-state index is -0.252. The third-order valence-corrected chi connectivity index (χ3v) is 4.66. The van der Waals surface area contributed by atoms with E-state index in [-0.39, 0.29) is 24.4 Å². The second-order valence-corrected chi connectivity index (χ2v) is 6.54. The van der Waals surface area contributed by atoms with Crippen molar-refractivity contribution in [3.63, 3.8) is 0 Å². The van der Waals surface area contributed by atoms with E-state index in [0.29, 0.717) is 18.5 Å². The quantitative estimate of drug-likeness (QED) is 0.744. The summed E-state index contributed by atoms with van der Waals surface area (Å²) in [6.07, 6.45) is 2.14. The van der Waals surface area contributed by atoms with Crippen LogP contribution in [0.2, 0.25) is 0 Å². The zero-order valence-electron chi connectivity index (χ0n) is 13.4. The number of likely N-dealkylation sites (tertiary alicyclic amines) is 1. The topological polar surface area (TPSA) is 64.7 Å². The van der Waals surface area contributed by atoms with Gasteiger partial charge < -0.3 is 15.1 Å². The van der Waals surface area contributed by atoms with E-state index in [2.05, 4.69) is 36.4 Å². The van der Waals surface area contributed by atoms with E-state index in [9.17, 15) is 9.59 Å². The van der Waals surface area contributed by atoms with Crippen LogP contribution in [0, 0.1) is 5.92 Å². The van der Waals surface area contributed by atoms with Crippen LogP contribution in [-0.4, -0.2) is 73.5 Å². The summed E-state index contributed by atoms with van der Waals surface area (Å²) >= 11 is 0. The highest BCUT2D eigenvalue weighted by atomic mass is 16.2. The maximum absolute atomic E-state index is 12.4. The molecule has 0 saturated carbocycles. The van der Waals surface area contributed by atoms with Gasteiger partial charge in [0.25, 0.3) is 0 Å². The molecule has 0 aromatic heterocycles. The summed E-state index contributed by atoms with van der Waals surface area (Å²) in [5, 5.41) is 5.76. The van der Waals surface area contributed by atoms with Crippen LogP contribution in [-0.2, 0) is 9.59 Å². The van der Waals surface area contributed by atoms with Crippen molar-refractivity contribution in [2.75, 3.05) is 39.8 Å². The normalized spacial score (nSPS) is 24.5. The van der Waals surface area contributed by atoms with E-state index < -0.39 is 0 Å². The molecule has 2 aliphatic rings. The van der Waals surface area contributed by atoms with Crippen LogP contribution in [0.1, 0.15) is 26.7 Å².